The van der Waals surface area contributed by atoms with Crippen molar-refractivity contribution in [3.05, 3.63) is 11.8 Å². The second-order valence-corrected chi connectivity index (χ2v) is 5.35. The lowest BCUT2D eigenvalue weighted by Crippen LogP contribution is -2.38. The normalized spacial score (nSPS) is 26.1. The summed E-state index contributed by atoms with van der Waals surface area (Å²) in [5.74, 6) is 1.48. The van der Waals surface area contributed by atoms with Gasteiger partial charge in [-0.25, -0.2) is 4.98 Å². The van der Waals surface area contributed by atoms with Crippen LogP contribution in [-0.4, -0.2) is 66.7 Å². The van der Waals surface area contributed by atoms with Crippen LogP contribution >= 0.6 is 0 Å². The number of hydrogen-bond acceptors (Lipinski definition) is 7. The van der Waals surface area contributed by atoms with Gasteiger partial charge in [-0.1, -0.05) is 6.92 Å². The van der Waals surface area contributed by atoms with Crippen LogP contribution in [0.2, 0.25) is 0 Å². The number of nitrogens with one attached hydrogen (secondary N) is 1. The van der Waals surface area contributed by atoms with E-state index in [9.17, 15) is 5.11 Å². The van der Waals surface area contributed by atoms with Gasteiger partial charge in [-0.05, 0) is 6.42 Å². The number of aliphatic hydroxyl groups excluding tert-OH is 1. The van der Waals surface area contributed by atoms with Crippen molar-refractivity contribution in [1.82, 2.24) is 9.97 Å². The number of anilines is 2. The fraction of sp³-hybridized carbons (Fsp3) is 0.714. The Morgan fingerprint density at radius 3 is 2.76 bits per heavy atom. The molecule has 0 spiro atoms. The van der Waals surface area contributed by atoms with Gasteiger partial charge in [-0.3, -0.25) is 0 Å². The van der Waals surface area contributed by atoms with Crippen molar-refractivity contribution < 1.29 is 14.6 Å². The van der Waals surface area contributed by atoms with Crippen molar-refractivity contribution in [1.29, 1.82) is 0 Å². The van der Waals surface area contributed by atoms with Crippen LogP contribution in [0.1, 0.15) is 12.6 Å². The van der Waals surface area contributed by atoms with Gasteiger partial charge in [-0.15, -0.1) is 0 Å². The van der Waals surface area contributed by atoms with Crippen LogP contribution in [0.4, 0.5) is 11.8 Å². The van der Waals surface area contributed by atoms with Crippen molar-refractivity contribution in [2.45, 2.75) is 25.5 Å². The quantitative estimate of drug-likeness (QED) is 0.812. The molecule has 2 fully saturated rings. The Labute approximate surface area is 124 Å². The van der Waals surface area contributed by atoms with Crippen LogP contribution in [0, 0.1) is 0 Å². The van der Waals surface area contributed by atoms with E-state index in [-0.39, 0.29) is 6.04 Å². The second-order valence-electron chi connectivity index (χ2n) is 5.35. The Bertz CT molecular complexity index is 479. The lowest BCUT2D eigenvalue weighted by atomic mass is 10.2. The Morgan fingerprint density at radius 1 is 1.29 bits per heavy atom. The molecular weight excluding hydrogens is 272 g/mol. The molecule has 0 unspecified atom stereocenters. The lowest BCUT2D eigenvalue weighted by Gasteiger charge is -2.27. The van der Waals surface area contributed by atoms with Crippen LogP contribution in [0.5, 0.6) is 0 Å². The molecule has 7 heteroatoms. The van der Waals surface area contributed by atoms with Gasteiger partial charge in [0.2, 0.25) is 5.95 Å². The van der Waals surface area contributed by atoms with Crippen molar-refractivity contribution in [3.63, 3.8) is 0 Å². The molecule has 0 amide bonds. The van der Waals surface area contributed by atoms with Gasteiger partial charge in [0.15, 0.2) is 0 Å². The SMILES string of the molecule is CCc1cc(N[C@H]2COC[C@@H]2O)nc(N2CCOCC2)n1. The highest BCUT2D eigenvalue weighted by Crippen LogP contribution is 2.18. The molecule has 1 aromatic rings. The predicted octanol–water partition coefficient (Wildman–Crippen LogP) is 0.0472. The van der Waals surface area contributed by atoms with E-state index in [1.807, 2.05) is 6.07 Å². The van der Waals surface area contributed by atoms with Gasteiger partial charge in [-0.2, -0.15) is 4.98 Å². The van der Waals surface area contributed by atoms with Crippen molar-refractivity contribution >= 4 is 11.8 Å². The molecule has 2 aliphatic rings. The van der Waals surface area contributed by atoms with Crippen molar-refractivity contribution in [2.75, 3.05) is 49.7 Å². The summed E-state index contributed by atoms with van der Waals surface area (Å²) in [6, 6.07) is 1.83. The van der Waals surface area contributed by atoms with Crippen molar-refractivity contribution in [3.8, 4) is 0 Å². The third-order valence-electron chi connectivity index (χ3n) is 3.81. The smallest absolute Gasteiger partial charge is 0.227 e. The molecule has 0 aliphatic carbocycles. The molecule has 0 aromatic carbocycles. The second kappa shape index (κ2) is 6.55. The number of hydrogen-bond donors (Lipinski definition) is 2. The van der Waals surface area contributed by atoms with Crippen molar-refractivity contribution in [2.24, 2.45) is 0 Å². The van der Waals surface area contributed by atoms with Crippen LogP contribution in [0.15, 0.2) is 6.07 Å². The van der Waals surface area contributed by atoms with E-state index in [0.29, 0.717) is 26.4 Å². The summed E-state index contributed by atoms with van der Waals surface area (Å²) in [5, 5.41) is 13.1. The molecular formula is C14H22N4O3. The third kappa shape index (κ3) is 3.42. The number of ether oxygens (including phenoxy) is 2. The molecule has 2 atom stereocenters. The van der Waals surface area contributed by atoms with Gasteiger partial charge in [0.1, 0.15) is 5.82 Å². The summed E-state index contributed by atoms with van der Waals surface area (Å²) in [5.41, 5.74) is 0.988. The fourth-order valence-corrected chi connectivity index (χ4v) is 2.51. The molecule has 2 N–H and O–H groups in total. The van der Waals surface area contributed by atoms with E-state index in [1.165, 1.54) is 0 Å². The summed E-state index contributed by atoms with van der Waals surface area (Å²) in [4.78, 5) is 11.3. The first-order valence-corrected chi connectivity index (χ1v) is 7.49. The molecule has 1 aromatic heterocycles. The highest BCUT2D eigenvalue weighted by Gasteiger charge is 2.26. The molecule has 3 heterocycles. The first kappa shape index (κ1) is 14.5. The first-order valence-electron chi connectivity index (χ1n) is 7.49. The van der Waals surface area contributed by atoms with E-state index >= 15 is 0 Å². The average Bonchev–Trinajstić information content (AvgIpc) is 2.93. The van der Waals surface area contributed by atoms with Gasteiger partial charge in [0, 0.05) is 24.8 Å². The molecule has 2 saturated heterocycles. The van der Waals surface area contributed by atoms with Crippen LogP contribution in [0.3, 0.4) is 0 Å². The van der Waals surface area contributed by atoms with Crippen LogP contribution in [0.25, 0.3) is 0 Å². The Morgan fingerprint density at radius 2 is 2.10 bits per heavy atom. The maximum absolute atomic E-state index is 9.84. The minimum Gasteiger partial charge on any atom is -0.388 e. The highest BCUT2D eigenvalue weighted by molar-refractivity contribution is 5.45. The molecule has 0 saturated carbocycles. The summed E-state index contributed by atoms with van der Waals surface area (Å²) in [7, 11) is 0. The Balaban J connectivity index is 1.78. The first-order chi connectivity index (χ1) is 10.3. The van der Waals surface area contributed by atoms with E-state index in [2.05, 4.69) is 27.1 Å². The highest BCUT2D eigenvalue weighted by atomic mass is 16.5. The standard InChI is InChI=1S/C14H22N4O3/c1-2-10-7-13(16-11-8-21-9-12(11)19)17-14(15-10)18-3-5-20-6-4-18/h7,11-12,19H,2-6,8-9H2,1H3,(H,15,16,17)/t11-,12-/m0/s1. The summed E-state index contributed by atoms with van der Waals surface area (Å²) < 4.78 is 10.6. The number of morpholine rings is 1. The predicted molar refractivity (Wildman–Crippen MR) is 78.7 cm³/mol. The summed E-state index contributed by atoms with van der Waals surface area (Å²) in [6.45, 7) is 5.97. The van der Waals surface area contributed by atoms with Gasteiger partial charge < -0.3 is 24.8 Å². The fourth-order valence-electron chi connectivity index (χ4n) is 2.51. The molecule has 2 aliphatic heterocycles. The monoisotopic (exact) mass is 294 g/mol. The van der Waals surface area contributed by atoms with E-state index < -0.39 is 6.10 Å². The third-order valence-corrected chi connectivity index (χ3v) is 3.81. The number of aromatic nitrogens is 2. The average molecular weight is 294 g/mol. The topological polar surface area (TPSA) is 79.7 Å². The molecule has 21 heavy (non-hydrogen) atoms. The lowest BCUT2D eigenvalue weighted by molar-refractivity contribution is 0.122. The number of aryl methyl sites for hydroxylation is 1. The molecule has 0 radical (unpaired) electrons. The zero-order valence-corrected chi connectivity index (χ0v) is 12.3. The van der Waals surface area contributed by atoms with Crippen LogP contribution in [-0.2, 0) is 15.9 Å². The number of rotatable bonds is 4. The van der Waals surface area contributed by atoms with Crippen LogP contribution < -0.4 is 10.2 Å². The van der Waals surface area contributed by atoms with Gasteiger partial charge in [0.25, 0.3) is 0 Å². The molecule has 3 rings (SSSR count). The largest absolute Gasteiger partial charge is 0.388 e. The Hall–Kier alpha value is -1.44. The minimum absolute atomic E-state index is 0.109. The zero-order valence-electron chi connectivity index (χ0n) is 12.3. The van der Waals surface area contributed by atoms with E-state index in [0.717, 1.165) is 37.0 Å². The van der Waals surface area contributed by atoms with E-state index in [4.69, 9.17) is 9.47 Å². The Kier molecular flexibility index (Phi) is 4.52. The summed E-state index contributed by atoms with van der Waals surface area (Å²) >= 11 is 0. The molecule has 0 bridgehead atoms. The van der Waals surface area contributed by atoms with Gasteiger partial charge in [0.05, 0.1) is 38.6 Å². The minimum atomic E-state index is -0.489. The molecule has 116 valence electrons. The van der Waals surface area contributed by atoms with Gasteiger partial charge >= 0.3 is 0 Å². The van der Waals surface area contributed by atoms with E-state index in [1.54, 1.807) is 0 Å². The number of nitrogens with zero attached hydrogens (tertiary/aromatic N) is 3. The maximum atomic E-state index is 9.84. The summed E-state index contributed by atoms with van der Waals surface area (Å²) in [6.07, 6.45) is 0.356. The number of aliphatic hydroxyl groups is 1. The zero-order chi connectivity index (χ0) is 14.7. The molecule has 7 nitrogen and oxygen atoms in total. The maximum Gasteiger partial charge on any atom is 0.227 e.